The second-order valence-corrected chi connectivity index (χ2v) is 7.40. The second kappa shape index (κ2) is 8.11. The Kier molecular flexibility index (Phi) is 5.37. The SMILES string of the molecule is O=C(NCCn1nc(C2CC2)n(-c2ccccc2)c1=O)c1ccc(Cl)c([N+](=O)[O-])c1. The summed E-state index contributed by atoms with van der Waals surface area (Å²) in [5.74, 6) is 0.502. The van der Waals surface area contributed by atoms with Crippen molar-refractivity contribution in [3.8, 4) is 5.69 Å². The standard InChI is InChI=1S/C20H18ClN5O4/c21-16-9-8-14(12-17(16)26(29)30)19(27)22-10-11-24-20(28)25(15-4-2-1-3-5-15)18(23-24)13-6-7-13/h1-5,8-9,12-13H,6-7,10-11H2,(H,22,27). The maximum absolute atomic E-state index is 12.9. The third-order valence-electron chi connectivity index (χ3n) is 4.84. The van der Waals surface area contributed by atoms with Gasteiger partial charge in [0.1, 0.15) is 10.8 Å². The fraction of sp³-hybridized carbons (Fsp3) is 0.250. The number of halogens is 1. The van der Waals surface area contributed by atoms with E-state index >= 15 is 0 Å². The van der Waals surface area contributed by atoms with Crippen molar-refractivity contribution in [2.24, 2.45) is 0 Å². The molecule has 1 aliphatic carbocycles. The molecule has 2 aromatic carbocycles. The molecule has 1 aliphatic rings. The van der Waals surface area contributed by atoms with E-state index in [2.05, 4.69) is 10.4 Å². The van der Waals surface area contributed by atoms with Gasteiger partial charge in [-0.25, -0.2) is 14.0 Å². The Balaban J connectivity index is 1.48. The average Bonchev–Trinajstić information content (AvgIpc) is 3.53. The number of amides is 1. The number of aromatic nitrogens is 3. The van der Waals surface area contributed by atoms with Crippen molar-refractivity contribution in [3.63, 3.8) is 0 Å². The van der Waals surface area contributed by atoms with Crippen LogP contribution < -0.4 is 11.0 Å². The lowest BCUT2D eigenvalue weighted by Gasteiger charge is -2.05. The summed E-state index contributed by atoms with van der Waals surface area (Å²) in [4.78, 5) is 35.6. The Morgan fingerprint density at radius 2 is 1.97 bits per heavy atom. The van der Waals surface area contributed by atoms with Crippen molar-refractivity contribution in [3.05, 3.63) is 85.5 Å². The highest BCUT2D eigenvalue weighted by atomic mass is 35.5. The number of carbonyl (C=O) groups is 1. The maximum atomic E-state index is 12.9. The zero-order valence-electron chi connectivity index (χ0n) is 15.8. The van der Waals surface area contributed by atoms with E-state index in [0.29, 0.717) is 0 Å². The van der Waals surface area contributed by atoms with Crippen LogP contribution in [-0.4, -0.2) is 31.7 Å². The van der Waals surface area contributed by atoms with Crippen LogP contribution >= 0.6 is 11.6 Å². The minimum absolute atomic E-state index is 0.0397. The van der Waals surface area contributed by atoms with E-state index in [1.54, 1.807) is 4.57 Å². The van der Waals surface area contributed by atoms with Crippen molar-refractivity contribution < 1.29 is 9.72 Å². The molecule has 4 rings (SSSR count). The molecule has 0 radical (unpaired) electrons. The van der Waals surface area contributed by atoms with Crippen LogP contribution in [0.2, 0.25) is 5.02 Å². The summed E-state index contributed by atoms with van der Waals surface area (Å²) in [5.41, 5.74) is 0.274. The van der Waals surface area contributed by atoms with Crippen LogP contribution in [-0.2, 0) is 6.54 Å². The van der Waals surface area contributed by atoms with Crippen LogP contribution in [0.5, 0.6) is 0 Å². The van der Waals surface area contributed by atoms with E-state index in [9.17, 15) is 19.7 Å². The van der Waals surface area contributed by atoms with Gasteiger partial charge in [-0.15, -0.1) is 0 Å². The third-order valence-corrected chi connectivity index (χ3v) is 5.16. The average molecular weight is 428 g/mol. The largest absolute Gasteiger partial charge is 0.350 e. The lowest BCUT2D eigenvalue weighted by molar-refractivity contribution is -0.384. The number of nitrogens with zero attached hydrogens (tertiary/aromatic N) is 4. The fourth-order valence-electron chi connectivity index (χ4n) is 3.17. The van der Waals surface area contributed by atoms with Gasteiger partial charge in [-0.1, -0.05) is 29.8 Å². The fourth-order valence-corrected chi connectivity index (χ4v) is 3.35. The number of carbonyl (C=O) groups excluding carboxylic acids is 1. The summed E-state index contributed by atoms with van der Waals surface area (Å²) >= 11 is 5.77. The Morgan fingerprint density at radius 3 is 2.63 bits per heavy atom. The molecule has 1 saturated carbocycles. The number of hydrogen-bond donors (Lipinski definition) is 1. The predicted octanol–water partition coefficient (Wildman–Crippen LogP) is 2.90. The maximum Gasteiger partial charge on any atom is 0.350 e. The molecular formula is C20H18ClN5O4. The van der Waals surface area contributed by atoms with Crippen molar-refractivity contribution in [2.75, 3.05) is 6.54 Å². The molecule has 1 aromatic heterocycles. The third kappa shape index (κ3) is 3.97. The molecule has 154 valence electrons. The van der Waals surface area contributed by atoms with Crippen molar-refractivity contribution in [1.82, 2.24) is 19.7 Å². The van der Waals surface area contributed by atoms with E-state index in [4.69, 9.17) is 11.6 Å². The molecule has 1 fully saturated rings. The quantitative estimate of drug-likeness (QED) is 0.460. The predicted molar refractivity (Wildman–Crippen MR) is 110 cm³/mol. The molecule has 1 N–H and O–H groups in total. The molecule has 0 aliphatic heterocycles. The molecule has 1 amide bonds. The number of nitro benzene ring substituents is 1. The van der Waals surface area contributed by atoms with Gasteiger partial charge in [0.15, 0.2) is 0 Å². The molecular weight excluding hydrogens is 410 g/mol. The molecule has 10 heteroatoms. The lowest BCUT2D eigenvalue weighted by Crippen LogP contribution is -2.32. The zero-order chi connectivity index (χ0) is 21.3. The van der Waals surface area contributed by atoms with Gasteiger partial charge in [0.25, 0.3) is 11.6 Å². The van der Waals surface area contributed by atoms with Crippen LogP contribution in [0, 0.1) is 10.1 Å². The number of hydrogen-bond acceptors (Lipinski definition) is 5. The molecule has 0 saturated heterocycles. The van der Waals surface area contributed by atoms with Crippen LogP contribution in [0.15, 0.2) is 53.3 Å². The first-order valence-corrected chi connectivity index (χ1v) is 9.81. The number of nitrogens with one attached hydrogen (secondary N) is 1. The summed E-state index contributed by atoms with van der Waals surface area (Å²) in [6.07, 6.45) is 1.99. The Hall–Kier alpha value is -3.46. The van der Waals surface area contributed by atoms with Gasteiger partial charge in [-0.2, -0.15) is 5.10 Å². The van der Waals surface area contributed by atoms with Gasteiger partial charge in [-0.3, -0.25) is 14.9 Å². The number of rotatable bonds is 7. The zero-order valence-corrected chi connectivity index (χ0v) is 16.6. The number of benzene rings is 2. The lowest BCUT2D eigenvalue weighted by atomic mass is 10.2. The smallest absolute Gasteiger partial charge is 0.350 e. The van der Waals surface area contributed by atoms with Crippen LogP contribution in [0.25, 0.3) is 5.69 Å². The normalized spacial score (nSPS) is 13.2. The molecule has 0 spiro atoms. The molecule has 0 bridgehead atoms. The molecule has 1 heterocycles. The van der Waals surface area contributed by atoms with Gasteiger partial charge in [-0.05, 0) is 37.1 Å². The first-order chi connectivity index (χ1) is 14.5. The highest BCUT2D eigenvalue weighted by molar-refractivity contribution is 6.32. The van der Waals surface area contributed by atoms with Crippen LogP contribution in [0.4, 0.5) is 5.69 Å². The first-order valence-electron chi connectivity index (χ1n) is 9.43. The molecule has 0 atom stereocenters. The Labute approximate surface area is 176 Å². The topological polar surface area (TPSA) is 112 Å². The minimum Gasteiger partial charge on any atom is -0.350 e. The molecule has 30 heavy (non-hydrogen) atoms. The number of para-hydroxylation sites is 1. The molecule has 0 unspecified atom stereocenters. The van der Waals surface area contributed by atoms with Crippen molar-refractivity contribution in [1.29, 1.82) is 0 Å². The number of nitro groups is 1. The van der Waals surface area contributed by atoms with E-state index < -0.39 is 10.8 Å². The van der Waals surface area contributed by atoms with E-state index in [-0.39, 0.29) is 41.0 Å². The van der Waals surface area contributed by atoms with Crippen molar-refractivity contribution in [2.45, 2.75) is 25.3 Å². The summed E-state index contributed by atoms with van der Waals surface area (Å²) in [6, 6.07) is 13.2. The van der Waals surface area contributed by atoms with Crippen LogP contribution in [0.1, 0.15) is 34.9 Å². The second-order valence-electron chi connectivity index (χ2n) is 6.99. The van der Waals surface area contributed by atoms with Crippen LogP contribution in [0.3, 0.4) is 0 Å². The highest BCUT2D eigenvalue weighted by Crippen LogP contribution is 2.39. The summed E-state index contributed by atoms with van der Waals surface area (Å²) < 4.78 is 2.95. The van der Waals surface area contributed by atoms with Gasteiger partial charge < -0.3 is 5.32 Å². The first kappa shape index (κ1) is 19.8. The minimum atomic E-state index is -0.645. The van der Waals surface area contributed by atoms with E-state index in [0.717, 1.165) is 30.4 Å². The monoisotopic (exact) mass is 427 g/mol. The summed E-state index contributed by atoms with van der Waals surface area (Å²) in [7, 11) is 0. The van der Waals surface area contributed by atoms with Gasteiger partial charge in [0.2, 0.25) is 0 Å². The summed E-state index contributed by atoms with van der Waals surface area (Å²) in [5, 5.41) is 18.1. The van der Waals surface area contributed by atoms with Gasteiger partial charge in [0.05, 0.1) is 17.2 Å². The highest BCUT2D eigenvalue weighted by Gasteiger charge is 2.31. The van der Waals surface area contributed by atoms with Gasteiger partial charge >= 0.3 is 5.69 Å². The van der Waals surface area contributed by atoms with E-state index in [1.165, 1.54) is 16.8 Å². The molecule has 9 nitrogen and oxygen atoms in total. The van der Waals surface area contributed by atoms with E-state index in [1.807, 2.05) is 30.3 Å². The molecule has 3 aromatic rings. The summed E-state index contributed by atoms with van der Waals surface area (Å²) in [6.45, 7) is 0.324. The van der Waals surface area contributed by atoms with Crippen molar-refractivity contribution >= 4 is 23.2 Å². The Morgan fingerprint density at radius 1 is 1.23 bits per heavy atom. The Bertz CT molecular complexity index is 1170. The van der Waals surface area contributed by atoms with Gasteiger partial charge in [0, 0.05) is 24.1 Å².